The number of benzene rings is 1. The third kappa shape index (κ3) is 5.38. The summed E-state index contributed by atoms with van der Waals surface area (Å²) in [6.45, 7) is 5.65. The number of nitrogens with zero attached hydrogens (tertiary/aromatic N) is 5. The number of aromatic nitrogens is 3. The molecule has 0 unspecified atom stereocenters. The Morgan fingerprint density at radius 3 is 2.70 bits per heavy atom. The van der Waals surface area contributed by atoms with Gasteiger partial charge in [-0.25, -0.2) is 0 Å². The first-order valence-electron chi connectivity index (χ1n) is 10.4. The van der Waals surface area contributed by atoms with Gasteiger partial charge in [0.1, 0.15) is 5.82 Å². The molecular weight excluding hydrogens is 487 g/mol. The van der Waals surface area contributed by atoms with Crippen molar-refractivity contribution in [1.82, 2.24) is 24.8 Å². The lowest BCUT2D eigenvalue weighted by Gasteiger charge is -2.30. The van der Waals surface area contributed by atoms with Crippen molar-refractivity contribution >= 4 is 41.2 Å². The van der Waals surface area contributed by atoms with Crippen molar-refractivity contribution in [1.29, 1.82) is 0 Å². The van der Waals surface area contributed by atoms with Crippen LogP contribution in [0.1, 0.15) is 31.2 Å². The number of hydrogen-bond acceptors (Lipinski definition) is 3. The summed E-state index contributed by atoms with van der Waals surface area (Å²) >= 11 is 0. The standard InChI is InChI=1S/C23H28N6.HI/c1-2-24-23(28-17-13-20(14-18-28)19-9-4-3-5-10-19)25-15-8-12-22-27-26-21-11-6-7-16-29(21)22;/h3-7,9-11,13,16H,2,8,12,14-15,17-18H2,1H3,(H,24,25);1H. The van der Waals surface area contributed by atoms with E-state index < -0.39 is 0 Å². The summed E-state index contributed by atoms with van der Waals surface area (Å²) in [7, 11) is 0. The fraction of sp³-hybridized carbons (Fsp3) is 0.348. The van der Waals surface area contributed by atoms with Crippen molar-refractivity contribution in [2.45, 2.75) is 26.2 Å². The predicted octanol–water partition coefficient (Wildman–Crippen LogP) is 4.03. The molecule has 0 bridgehead atoms. The normalized spacial score (nSPS) is 14.4. The summed E-state index contributed by atoms with van der Waals surface area (Å²) in [6, 6.07) is 16.6. The Labute approximate surface area is 195 Å². The van der Waals surface area contributed by atoms with Crippen molar-refractivity contribution in [3.63, 3.8) is 0 Å². The highest BCUT2D eigenvalue weighted by atomic mass is 127. The van der Waals surface area contributed by atoms with E-state index in [-0.39, 0.29) is 24.0 Å². The predicted molar refractivity (Wildman–Crippen MR) is 133 cm³/mol. The van der Waals surface area contributed by atoms with Gasteiger partial charge in [0.15, 0.2) is 11.6 Å². The van der Waals surface area contributed by atoms with Gasteiger partial charge in [-0.2, -0.15) is 0 Å². The van der Waals surface area contributed by atoms with Gasteiger partial charge < -0.3 is 10.2 Å². The van der Waals surface area contributed by atoms with E-state index in [9.17, 15) is 0 Å². The highest BCUT2D eigenvalue weighted by molar-refractivity contribution is 14.0. The topological polar surface area (TPSA) is 57.8 Å². The van der Waals surface area contributed by atoms with Crippen molar-refractivity contribution in [3.05, 3.63) is 72.2 Å². The second-order valence-electron chi connectivity index (χ2n) is 7.18. The van der Waals surface area contributed by atoms with Gasteiger partial charge in [0.2, 0.25) is 0 Å². The zero-order chi connectivity index (χ0) is 19.9. The third-order valence-electron chi connectivity index (χ3n) is 5.19. The Morgan fingerprint density at radius 2 is 1.93 bits per heavy atom. The fourth-order valence-corrected chi connectivity index (χ4v) is 3.69. The molecule has 0 saturated carbocycles. The van der Waals surface area contributed by atoms with Crippen LogP contribution in [-0.2, 0) is 6.42 Å². The number of fused-ring (bicyclic) bond motifs is 1. The first-order valence-corrected chi connectivity index (χ1v) is 10.4. The van der Waals surface area contributed by atoms with Crippen LogP contribution in [0, 0.1) is 0 Å². The van der Waals surface area contributed by atoms with Gasteiger partial charge in [-0.15, -0.1) is 34.2 Å². The molecule has 158 valence electrons. The van der Waals surface area contributed by atoms with E-state index in [1.54, 1.807) is 0 Å². The SMILES string of the molecule is CCNC(=NCCCc1nnc2ccccn12)N1CC=C(c2ccccc2)CC1.I. The number of halogens is 1. The van der Waals surface area contributed by atoms with Crippen LogP contribution in [0.5, 0.6) is 0 Å². The molecule has 4 rings (SSSR count). The molecule has 0 aliphatic carbocycles. The number of aliphatic imine (C=N–C) groups is 1. The lowest BCUT2D eigenvalue weighted by molar-refractivity contribution is 0.439. The summed E-state index contributed by atoms with van der Waals surface area (Å²) in [5.74, 6) is 2.00. The zero-order valence-corrected chi connectivity index (χ0v) is 19.7. The van der Waals surface area contributed by atoms with Crippen LogP contribution in [0.4, 0.5) is 0 Å². The molecule has 30 heavy (non-hydrogen) atoms. The molecule has 1 aromatic carbocycles. The number of pyridine rings is 1. The summed E-state index contributed by atoms with van der Waals surface area (Å²) in [4.78, 5) is 7.19. The van der Waals surface area contributed by atoms with Crippen molar-refractivity contribution < 1.29 is 0 Å². The second kappa shape index (κ2) is 11.1. The monoisotopic (exact) mass is 516 g/mol. The Kier molecular flexibility index (Phi) is 8.24. The molecule has 6 nitrogen and oxygen atoms in total. The molecular formula is C23H29IN6. The lowest BCUT2D eigenvalue weighted by Crippen LogP contribution is -2.43. The van der Waals surface area contributed by atoms with E-state index in [2.05, 4.69) is 68.1 Å². The van der Waals surface area contributed by atoms with Gasteiger partial charge in [0.05, 0.1) is 0 Å². The number of nitrogens with one attached hydrogen (secondary N) is 1. The second-order valence-corrected chi connectivity index (χ2v) is 7.18. The molecule has 0 saturated heterocycles. The molecule has 0 atom stereocenters. The Balaban J connectivity index is 0.00000256. The molecule has 0 spiro atoms. The van der Waals surface area contributed by atoms with Crippen LogP contribution < -0.4 is 5.32 Å². The Hall–Kier alpha value is -2.42. The van der Waals surface area contributed by atoms with E-state index in [1.165, 1.54) is 11.1 Å². The molecule has 2 aromatic heterocycles. The molecule has 0 amide bonds. The fourth-order valence-electron chi connectivity index (χ4n) is 3.69. The highest BCUT2D eigenvalue weighted by Gasteiger charge is 2.16. The van der Waals surface area contributed by atoms with Crippen LogP contribution >= 0.6 is 24.0 Å². The maximum absolute atomic E-state index is 4.86. The van der Waals surface area contributed by atoms with Crippen molar-refractivity contribution in [2.75, 3.05) is 26.2 Å². The van der Waals surface area contributed by atoms with Crippen LogP contribution in [0.2, 0.25) is 0 Å². The minimum atomic E-state index is 0. The van der Waals surface area contributed by atoms with Crippen LogP contribution in [-0.4, -0.2) is 51.6 Å². The molecule has 1 aliphatic rings. The van der Waals surface area contributed by atoms with Gasteiger partial charge in [-0.3, -0.25) is 9.39 Å². The van der Waals surface area contributed by atoms with E-state index >= 15 is 0 Å². The van der Waals surface area contributed by atoms with Gasteiger partial charge in [0, 0.05) is 38.8 Å². The Bertz CT molecular complexity index is 995. The first-order chi connectivity index (χ1) is 14.3. The van der Waals surface area contributed by atoms with Crippen LogP contribution in [0.15, 0.2) is 65.8 Å². The smallest absolute Gasteiger partial charge is 0.194 e. The lowest BCUT2D eigenvalue weighted by atomic mass is 10.00. The largest absolute Gasteiger partial charge is 0.357 e. The van der Waals surface area contributed by atoms with Crippen LogP contribution in [0.3, 0.4) is 0 Å². The average molecular weight is 516 g/mol. The van der Waals surface area contributed by atoms with Gasteiger partial charge in [0.25, 0.3) is 0 Å². The average Bonchev–Trinajstić information content (AvgIpc) is 3.20. The summed E-state index contributed by atoms with van der Waals surface area (Å²) in [6.07, 6.45) is 7.20. The number of aryl methyl sites for hydroxylation is 1. The third-order valence-corrected chi connectivity index (χ3v) is 5.19. The maximum Gasteiger partial charge on any atom is 0.194 e. The maximum atomic E-state index is 4.86. The summed E-state index contributed by atoms with van der Waals surface area (Å²) < 4.78 is 2.05. The number of hydrogen-bond donors (Lipinski definition) is 1. The molecule has 1 N–H and O–H groups in total. The summed E-state index contributed by atoms with van der Waals surface area (Å²) in [5.41, 5.74) is 3.65. The quantitative estimate of drug-likeness (QED) is 0.233. The van der Waals surface area contributed by atoms with Gasteiger partial charge in [-0.05, 0) is 43.0 Å². The van der Waals surface area contributed by atoms with E-state index in [4.69, 9.17) is 4.99 Å². The van der Waals surface area contributed by atoms with E-state index in [0.29, 0.717) is 0 Å². The molecule has 0 fully saturated rings. The number of rotatable bonds is 6. The van der Waals surface area contributed by atoms with Crippen molar-refractivity contribution in [2.24, 2.45) is 4.99 Å². The molecule has 1 aliphatic heterocycles. The van der Waals surface area contributed by atoms with Gasteiger partial charge >= 0.3 is 0 Å². The molecule has 3 aromatic rings. The molecule has 7 heteroatoms. The minimum Gasteiger partial charge on any atom is -0.357 e. The van der Waals surface area contributed by atoms with Gasteiger partial charge in [-0.1, -0.05) is 42.5 Å². The number of guanidine groups is 1. The highest BCUT2D eigenvalue weighted by Crippen LogP contribution is 2.22. The molecule has 0 radical (unpaired) electrons. The first kappa shape index (κ1) is 22.3. The molecule has 3 heterocycles. The van der Waals surface area contributed by atoms with E-state index in [0.717, 1.165) is 62.9 Å². The zero-order valence-electron chi connectivity index (χ0n) is 17.4. The minimum absolute atomic E-state index is 0. The summed E-state index contributed by atoms with van der Waals surface area (Å²) in [5, 5.41) is 12.0. The van der Waals surface area contributed by atoms with Crippen molar-refractivity contribution in [3.8, 4) is 0 Å². The Morgan fingerprint density at radius 1 is 1.10 bits per heavy atom. The van der Waals surface area contributed by atoms with E-state index in [1.807, 2.05) is 24.4 Å². The van der Waals surface area contributed by atoms with Crippen LogP contribution in [0.25, 0.3) is 11.2 Å².